The molecule has 3 nitrogen and oxygen atoms in total. The van der Waals surface area contributed by atoms with Gasteiger partial charge in [-0.05, 0) is 12.1 Å². The predicted octanol–water partition coefficient (Wildman–Crippen LogP) is 1.93. The van der Waals surface area contributed by atoms with E-state index in [9.17, 15) is 23.1 Å². The van der Waals surface area contributed by atoms with Crippen LogP contribution in [0, 0.1) is 0 Å². The van der Waals surface area contributed by atoms with Gasteiger partial charge in [0.2, 0.25) is 5.91 Å². The number of rotatable bonds is 0. The normalized spacial score (nSPS) is 15.5. The second kappa shape index (κ2) is 3.13. The lowest BCUT2D eigenvalue weighted by molar-refractivity contribution is -0.139. The number of anilines is 1. The zero-order valence-corrected chi connectivity index (χ0v) is 8.30. The Bertz CT molecular complexity index is 468. The molecule has 0 atom stereocenters. The lowest BCUT2D eigenvalue weighted by atomic mass is 10.0. The Morgan fingerprint density at radius 2 is 2.00 bits per heavy atom. The number of benzene rings is 1. The van der Waals surface area contributed by atoms with Crippen molar-refractivity contribution < 1.29 is 23.1 Å². The van der Waals surface area contributed by atoms with Crippen LogP contribution in [0.3, 0.4) is 0 Å². The molecular formula is C10H8F3NO2. The van der Waals surface area contributed by atoms with Crippen LogP contribution in [-0.2, 0) is 17.4 Å². The van der Waals surface area contributed by atoms with Crippen LogP contribution in [0.2, 0.25) is 0 Å². The minimum absolute atomic E-state index is 0.153. The molecule has 0 bridgehead atoms. The van der Waals surface area contributed by atoms with Crippen LogP contribution >= 0.6 is 0 Å². The van der Waals surface area contributed by atoms with Crippen molar-refractivity contribution in [1.82, 2.24) is 0 Å². The van der Waals surface area contributed by atoms with E-state index >= 15 is 0 Å². The van der Waals surface area contributed by atoms with Crippen molar-refractivity contribution in [3.63, 3.8) is 0 Å². The number of aromatic hydroxyl groups is 1. The van der Waals surface area contributed by atoms with E-state index in [-0.39, 0.29) is 17.7 Å². The number of carbonyl (C=O) groups is 1. The quantitative estimate of drug-likeness (QED) is 0.741. The summed E-state index contributed by atoms with van der Waals surface area (Å²) in [4.78, 5) is 12.5. The molecule has 0 radical (unpaired) electrons. The summed E-state index contributed by atoms with van der Waals surface area (Å²) in [6.07, 6.45) is -4.98. The predicted molar refractivity (Wildman–Crippen MR) is 50.2 cm³/mol. The van der Waals surface area contributed by atoms with E-state index in [1.165, 1.54) is 13.1 Å². The van der Waals surface area contributed by atoms with Crippen LogP contribution in [0.1, 0.15) is 11.1 Å². The standard InChI is InChI=1S/C10H8F3NO2/c1-14-6-2-3-7(15)9(10(11,12)13)5(6)4-8(14)16/h2-3,15H,4H2,1H3. The van der Waals surface area contributed by atoms with Crippen LogP contribution in [-0.4, -0.2) is 18.1 Å². The van der Waals surface area contributed by atoms with E-state index in [1.54, 1.807) is 0 Å². The molecule has 1 aliphatic rings. The highest BCUT2D eigenvalue weighted by molar-refractivity contribution is 6.01. The summed E-state index contributed by atoms with van der Waals surface area (Å²) >= 11 is 0. The summed E-state index contributed by atoms with van der Waals surface area (Å²) < 4.78 is 38.0. The zero-order valence-electron chi connectivity index (χ0n) is 8.30. The summed E-state index contributed by atoms with van der Waals surface area (Å²) in [5.74, 6) is -1.25. The largest absolute Gasteiger partial charge is 0.507 e. The van der Waals surface area contributed by atoms with Gasteiger partial charge in [-0.25, -0.2) is 0 Å². The third-order valence-electron chi connectivity index (χ3n) is 2.61. The lowest BCUT2D eigenvalue weighted by Crippen LogP contribution is -2.20. The maximum atomic E-state index is 12.7. The number of hydrogen-bond donors (Lipinski definition) is 1. The van der Waals surface area contributed by atoms with E-state index in [1.807, 2.05) is 0 Å². The molecule has 0 fully saturated rings. The van der Waals surface area contributed by atoms with E-state index in [0.29, 0.717) is 0 Å². The molecule has 1 aromatic rings. The number of alkyl halides is 3. The topological polar surface area (TPSA) is 40.5 Å². The number of hydrogen-bond acceptors (Lipinski definition) is 2. The van der Waals surface area contributed by atoms with Crippen molar-refractivity contribution in [3.8, 4) is 5.75 Å². The first-order valence-corrected chi connectivity index (χ1v) is 4.51. The Hall–Kier alpha value is -1.72. The first-order valence-electron chi connectivity index (χ1n) is 4.51. The van der Waals surface area contributed by atoms with Gasteiger partial charge in [0.05, 0.1) is 6.42 Å². The van der Waals surface area contributed by atoms with Crippen LogP contribution in [0.4, 0.5) is 18.9 Å². The molecule has 1 amide bonds. The van der Waals surface area contributed by atoms with Crippen molar-refractivity contribution in [1.29, 1.82) is 0 Å². The molecular weight excluding hydrogens is 223 g/mol. The average molecular weight is 231 g/mol. The van der Waals surface area contributed by atoms with Gasteiger partial charge >= 0.3 is 6.18 Å². The summed E-state index contributed by atoms with van der Waals surface area (Å²) in [7, 11) is 1.41. The Labute approximate surface area is 89.1 Å². The number of phenolic OH excluding ortho intramolecular Hbond substituents is 1. The van der Waals surface area contributed by atoms with Crippen molar-refractivity contribution in [2.24, 2.45) is 0 Å². The second-order valence-corrected chi connectivity index (χ2v) is 3.58. The van der Waals surface area contributed by atoms with Crippen molar-refractivity contribution in [2.75, 3.05) is 11.9 Å². The third kappa shape index (κ3) is 1.41. The van der Waals surface area contributed by atoms with Gasteiger partial charge < -0.3 is 10.0 Å². The summed E-state index contributed by atoms with van der Waals surface area (Å²) in [6.45, 7) is 0. The summed E-state index contributed by atoms with van der Waals surface area (Å²) in [5, 5.41) is 9.23. The van der Waals surface area contributed by atoms with Gasteiger partial charge in [-0.15, -0.1) is 0 Å². The molecule has 86 valence electrons. The van der Waals surface area contributed by atoms with E-state index in [2.05, 4.69) is 0 Å². The third-order valence-corrected chi connectivity index (χ3v) is 2.61. The molecule has 0 unspecified atom stereocenters. The lowest BCUT2D eigenvalue weighted by Gasteiger charge is -2.14. The molecule has 0 spiro atoms. The monoisotopic (exact) mass is 231 g/mol. The fourth-order valence-electron chi connectivity index (χ4n) is 1.84. The molecule has 1 aliphatic heterocycles. The molecule has 0 saturated carbocycles. The highest BCUT2D eigenvalue weighted by Crippen LogP contribution is 2.44. The molecule has 0 saturated heterocycles. The molecule has 0 aromatic heterocycles. The maximum absolute atomic E-state index is 12.7. The molecule has 1 heterocycles. The summed E-state index contributed by atoms with van der Waals surface area (Å²) in [6, 6.07) is 2.27. The van der Waals surface area contributed by atoms with Gasteiger partial charge in [0.15, 0.2) is 0 Å². The van der Waals surface area contributed by atoms with Crippen molar-refractivity contribution >= 4 is 11.6 Å². The van der Waals surface area contributed by atoms with Gasteiger partial charge in [0.1, 0.15) is 11.3 Å². The maximum Gasteiger partial charge on any atom is 0.420 e. The second-order valence-electron chi connectivity index (χ2n) is 3.58. The number of amides is 1. The van der Waals surface area contributed by atoms with Crippen molar-refractivity contribution in [2.45, 2.75) is 12.6 Å². The van der Waals surface area contributed by atoms with Crippen LogP contribution < -0.4 is 4.90 Å². The number of fused-ring (bicyclic) bond motifs is 1. The minimum atomic E-state index is -4.65. The molecule has 16 heavy (non-hydrogen) atoms. The molecule has 6 heteroatoms. The Morgan fingerprint density at radius 3 is 2.56 bits per heavy atom. The fourth-order valence-corrected chi connectivity index (χ4v) is 1.84. The number of carbonyl (C=O) groups excluding carboxylic acids is 1. The fraction of sp³-hybridized carbons (Fsp3) is 0.300. The van der Waals surface area contributed by atoms with Gasteiger partial charge in [0.25, 0.3) is 0 Å². The van der Waals surface area contributed by atoms with Crippen LogP contribution in [0.15, 0.2) is 12.1 Å². The highest BCUT2D eigenvalue weighted by atomic mass is 19.4. The zero-order chi connectivity index (χ0) is 12.1. The average Bonchev–Trinajstić information content (AvgIpc) is 2.40. The molecule has 0 aliphatic carbocycles. The number of likely N-dealkylation sites (N-methyl/N-ethyl adjacent to an activating group) is 1. The smallest absolute Gasteiger partial charge is 0.420 e. The summed E-state index contributed by atoms with van der Waals surface area (Å²) in [5.41, 5.74) is -1.06. The van der Waals surface area contributed by atoms with Gasteiger partial charge in [-0.2, -0.15) is 13.2 Å². The molecule has 2 rings (SSSR count). The van der Waals surface area contributed by atoms with E-state index in [0.717, 1.165) is 11.0 Å². The first kappa shape index (κ1) is 10.8. The van der Waals surface area contributed by atoms with Crippen LogP contribution in [0.5, 0.6) is 5.75 Å². The van der Waals surface area contributed by atoms with Crippen molar-refractivity contribution in [3.05, 3.63) is 23.3 Å². The Morgan fingerprint density at radius 1 is 1.38 bits per heavy atom. The number of phenols is 1. The Kier molecular flexibility index (Phi) is 2.11. The van der Waals surface area contributed by atoms with Gasteiger partial charge in [-0.3, -0.25) is 4.79 Å². The SMILES string of the molecule is CN1C(=O)Cc2c1ccc(O)c2C(F)(F)F. The molecule has 1 aromatic carbocycles. The Balaban J connectivity index is 2.68. The highest BCUT2D eigenvalue weighted by Gasteiger charge is 2.41. The number of halogens is 3. The minimum Gasteiger partial charge on any atom is -0.507 e. The van der Waals surface area contributed by atoms with Gasteiger partial charge in [-0.1, -0.05) is 0 Å². The van der Waals surface area contributed by atoms with Crippen LogP contribution in [0.25, 0.3) is 0 Å². The number of nitrogens with zero attached hydrogens (tertiary/aromatic N) is 1. The molecule has 1 N–H and O–H groups in total. The van der Waals surface area contributed by atoms with E-state index in [4.69, 9.17) is 0 Å². The van der Waals surface area contributed by atoms with Gasteiger partial charge in [0, 0.05) is 18.3 Å². The first-order chi connectivity index (χ1) is 7.32. The van der Waals surface area contributed by atoms with E-state index < -0.39 is 23.4 Å².